The fraction of sp³-hybridized carbons (Fsp3) is 0.455. The Bertz CT molecular complexity index is 421. The van der Waals surface area contributed by atoms with Gasteiger partial charge in [0.05, 0.1) is 5.75 Å². The molecule has 1 aromatic rings. The van der Waals surface area contributed by atoms with Crippen LogP contribution in [-0.2, 0) is 0 Å². The van der Waals surface area contributed by atoms with Gasteiger partial charge in [-0.2, -0.15) is 0 Å². The normalized spacial score (nSPS) is 29.8. The minimum Gasteiger partial charge on any atom is -0.369 e. The molecule has 0 aromatic carbocycles. The predicted molar refractivity (Wildman–Crippen MR) is 62.2 cm³/mol. The lowest BCUT2D eigenvalue weighted by Gasteiger charge is -2.31. The molecule has 1 aliphatic carbocycles. The predicted octanol–water partition coefficient (Wildman–Crippen LogP) is 1.85. The Morgan fingerprint density at radius 2 is 2.31 bits per heavy atom. The van der Waals surface area contributed by atoms with Crippen LogP contribution in [0.3, 0.4) is 0 Å². The van der Waals surface area contributed by atoms with Gasteiger partial charge in [-0.3, -0.25) is 9.69 Å². The van der Waals surface area contributed by atoms with Gasteiger partial charge in [-0.25, -0.2) is 4.98 Å². The summed E-state index contributed by atoms with van der Waals surface area (Å²) >= 11 is 1.17. The van der Waals surface area contributed by atoms with E-state index in [-0.39, 0.29) is 11.2 Å². The highest BCUT2D eigenvalue weighted by atomic mass is 32.2. The van der Waals surface area contributed by atoms with Crippen LogP contribution in [0.4, 0.5) is 10.6 Å². The number of pyridine rings is 1. The van der Waals surface area contributed by atoms with E-state index in [0.717, 1.165) is 12.8 Å². The molecule has 1 saturated heterocycles. The number of anilines is 1. The first kappa shape index (κ1) is 10.1. The summed E-state index contributed by atoms with van der Waals surface area (Å²) in [5, 5.41) is 10.5. The van der Waals surface area contributed by atoms with E-state index in [2.05, 4.69) is 4.98 Å². The number of nitrogens with zero attached hydrogens (tertiary/aromatic N) is 2. The number of amides is 1. The van der Waals surface area contributed by atoms with Crippen molar-refractivity contribution in [2.75, 3.05) is 10.7 Å². The summed E-state index contributed by atoms with van der Waals surface area (Å²) < 4.78 is 0. The lowest BCUT2D eigenvalue weighted by Crippen LogP contribution is -2.49. The molecule has 0 radical (unpaired) electrons. The third-order valence-electron chi connectivity index (χ3n) is 3.09. The van der Waals surface area contributed by atoms with Crippen molar-refractivity contribution in [1.29, 1.82) is 0 Å². The summed E-state index contributed by atoms with van der Waals surface area (Å²) in [5.74, 6) is 1.22. The second kappa shape index (κ2) is 3.46. The highest BCUT2D eigenvalue weighted by Crippen LogP contribution is 2.48. The number of aliphatic hydroxyl groups is 1. The Balaban J connectivity index is 2.00. The number of aromatic nitrogens is 1. The topological polar surface area (TPSA) is 53.4 Å². The molecule has 0 spiro atoms. The molecule has 0 bridgehead atoms. The number of carbonyl (C=O) groups excluding carboxylic acids is 1. The summed E-state index contributed by atoms with van der Waals surface area (Å²) in [4.78, 5) is 17.4. The first-order valence-electron chi connectivity index (χ1n) is 5.32. The molecule has 2 fully saturated rings. The number of rotatable bonds is 2. The number of thioether (sulfide) groups is 1. The van der Waals surface area contributed by atoms with Crippen molar-refractivity contribution in [1.82, 2.24) is 4.98 Å². The van der Waals surface area contributed by atoms with E-state index in [1.54, 1.807) is 18.3 Å². The Morgan fingerprint density at radius 1 is 1.50 bits per heavy atom. The third-order valence-corrected chi connectivity index (χ3v) is 4.09. The van der Waals surface area contributed by atoms with Crippen molar-refractivity contribution < 1.29 is 9.90 Å². The van der Waals surface area contributed by atoms with Crippen LogP contribution in [0.2, 0.25) is 0 Å². The summed E-state index contributed by atoms with van der Waals surface area (Å²) in [6.07, 6.45) is 3.63. The van der Waals surface area contributed by atoms with Gasteiger partial charge in [-0.15, -0.1) is 0 Å². The Morgan fingerprint density at radius 3 is 2.94 bits per heavy atom. The molecule has 1 aliphatic heterocycles. The molecule has 1 aromatic heterocycles. The molecule has 4 nitrogen and oxygen atoms in total. The van der Waals surface area contributed by atoms with Crippen LogP contribution < -0.4 is 4.90 Å². The Kier molecular flexibility index (Phi) is 2.19. The van der Waals surface area contributed by atoms with Crippen LogP contribution in [0, 0.1) is 5.92 Å². The molecular formula is C11H12N2O2S. The molecular weight excluding hydrogens is 224 g/mol. The first-order valence-corrected chi connectivity index (χ1v) is 6.31. The Hall–Kier alpha value is -1.07. The minimum absolute atomic E-state index is 0.104. The van der Waals surface area contributed by atoms with E-state index < -0.39 is 5.72 Å². The van der Waals surface area contributed by atoms with Crippen LogP contribution >= 0.6 is 11.8 Å². The van der Waals surface area contributed by atoms with Gasteiger partial charge in [0, 0.05) is 12.1 Å². The van der Waals surface area contributed by atoms with Crippen molar-refractivity contribution in [3.05, 3.63) is 24.4 Å². The van der Waals surface area contributed by atoms with Crippen molar-refractivity contribution in [3.8, 4) is 0 Å². The largest absolute Gasteiger partial charge is 0.369 e. The van der Waals surface area contributed by atoms with E-state index >= 15 is 0 Å². The molecule has 2 aliphatic rings. The standard InChI is InChI=1S/C11H12N2O2S/c14-10-13(9-3-1-2-6-12-9)11(15,7-16-10)8-4-5-8/h1-3,6,8,15H,4-5,7H2. The number of carbonyl (C=O) groups is 1. The SMILES string of the molecule is O=C1SCC(O)(C2CC2)N1c1ccccn1. The fourth-order valence-electron chi connectivity index (χ4n) is 2.08. The van der Waals surface area contributed by atoms with Gasteiger partial charge in [0.1, 0.15) is 5.82 Å². The summed E-state index contributed by atoms with van der Waals surface area (Å²) in [6.45, 7) is 0. The van der Waals surface area contributed by atoms with Crippen molar-refractivity contribution in [2.24, 2.45) is 5.92 Å². The Labute approximate surface area is 97.7 Å². The van der Waals surface area contributed by atoms with E-state index in [0.29, 0.717) is 11.6 Å². The van der Waals surface area contributed by atoms with Crippen LogP contribution in [-0.4, -0.2) is 26.8 Å². The van der Waals surface area contributed by atoms with Gasteiger partial charge in [-0.05, 0) is 25.0 Å². The van der Waals surface area contributed by atoms with Crippen molar-refractivity contribution in [2.45, 2.75) is 18.6 Å². The van der Waals surface area contributed by atoms with E-state index in [1.807, 2.05) is 6.07 Å². The molecule has 3 rings (SSSR count). The zero-order chi connectivity index (χ0) is 11.2. The molecule has 1 atom stereocenters. The maximum Gasteiger partial charge on any atom is 0.289 e. The summed E-state index contributed by atoms with van der Waals surface area (Å²) in [5.41, 5.74) is -1.02. The maximum absolute atomic E-state index is 11.8. The number of hydrogen-bond donors (Lipinski definition) is 1. The maximum atomic E-state index is 11.8. The quantitative estimate of drug-likeness (QED) is 0.851. The van der Waals surface area contributed by atoms with Gasteiger partial charge in [0.25, 0.3) is 5.24 Å². The zero-order valence-corrected chi connectivity index (χ0v) is 9.48. The zero-order valence-electron chi connectivity index (χ0n) is 8.67. The van der Waals surface area contributed by atoms with Crippen LogP contribution in [0.1, 0.15) is 12.8 Å². The van der Waals surface area contributed by atoms with Crippen molar-refractivity contribution >= 4 is 22.8 Å². The minimum atomic E-state index is -1.02. The van der Waals surface area contributed by atoms with Crippen molar-refractivity contribution in [3.63, 3.8) is 0 Å². The van der Waals surface area contributed by atoms with Gasteiger partial charge < -0.3 is 5.11 Å². The molecule has 5 heteroatoms. The molecule has 1 N–H and O–H groups in total. The second-order valence-electron chi connectivity index (χ2n) is 4.23. The molecule has 1 unspecified atom stereocenters. The van der Waals surface area contributed by atoms with Crippen LogP contribution in [0.15, 0.2) is 24.4 Å². The van der Waals surface area contributed by atoms with Gasteiger partial charge in [0.2, 0.25) is 0 Å². The van der Waals surface area contributed by atoms with Gasteiger partial charge in [-0.1, -0.05) is 17.8 Å². The van der Waals surface area contributed by atoms with Crippen LogP contribution in [0.5, 0.6) is 0 Å². The monoisotopic (exact) mass is 236 g/mol. The smallest absolute Gasteiger partial charge is 0.289 e. The van der Waals surface area contributed by atoms with E-state index in [1.165, 1.54) is 16.7 Å². The molecule has 16 heavy (non-hydrogen) atoms. The average molecular weight is 236 g/mol. The van der Waals surface area contributed by atoms with Gasteiger partial charge >= 0.3 is 0 Å². The second-order valence-corrected chi connectivity index (χ2v) is 5.16. The van der Waals surface area contributed by atoms with E-state index in [9.17, 15) is 9.90 Å². The highest BCUT2D eigenvalue weighted by molar-refractivity contribution is 8.14. The third kappa shape index (κ3) is 1.43. The summed E-state index contributed by atoms with van der Waals surface area (Å²) in [6, 6.07) is 5.39. The van der Waals surface area contributed by atoms with Gasteiger partial charge in [0.15, 0.2) is 5.72 Å². The lowest BCUT2D eigenvalue weighted by atomic mass is 10.1. The number of hydrogen-bond acceptors (Lipinski definition) is 4. The summed E-state index contributed by atoms with van der Waals surface area (Å²) in [7, 11) is 0. The fourth-order valence-corrected chi connectivity index (χ4v) is 3.16. The average Bonchev–Trinajstić information content (AvgIpc) is 3.09. The molecule has 84 valence electrons. The van der Waals surface area contributed by atoms with Crippen LogP contribution in [0.25, 0.3) is 0 Å². The highest BCUT2D eigenvalue weighted by Gasteiger charge is 2.55. The molecule has 1 saturated carbocycles. The molecule has 2 heterocycles. The lowest BCUT2D eigenvalue weighted by molar-refractivity contribution is 0.0512. The molecule has 1 amide bonds. The first-order chi connectivity index (χ1) is 7.72. The van der Waals surface area contributed by atoms with E-state index in [4.69, 9.17) is 0 Å².